The fraction of sp³-hybridized carbons (Fsp3) is 0.667. The molecule has 3 heterocycles. The second kappa shape index (κ2) is 8.08. The lowest BCUT2D eigenvalue weighted by atomic mass is 9.97. The molecule has 3 rings (SSSR count). The predicted molar refractivity (Wildman–Crippen MR) is 102 cm³/mol. The maximum atomic E-state index is 12.7. The van der Waals surface area contributed by atoms with Crippen LogP contribution in [0.1, 0.15) is 47.7 Å². The normalized spacial score (nSPS) is 17.7. The smallest absolute Gasteiger partial charge is 0.337 e. The number of likely N-dealkylation sites (N-methyl/N-ethyl adjacent to an activating group) is 1. The first-order chi connectivity index (χ1) is 12.9. The average molecular weight is 375 g/mol. The summed E-state index contributed by atoms with van der Waals surface area (Å²) >= 11 is 0. The number of likely N-dealkylation sites (tertiary alicyclic amines) is 1. The molecular weight excluding hydrogens is 346 g/mol. The molecule has 1 fully saturated rings. The van der Waals surface area contributed by atoms with Gasteiger partial charge in [0.1, 0.15) is 11.5 Å². The molecule has 1 amide bonds. The Morgan fingerprint density at radius 3 is 2.81 bits per heavy atom. The van der Waals surface area contributed by atoms with Gasteiger partial charge in [0.05, 0.1) is 6.54 Å². The second-order valence-corrected chi connectivity index (χ2v) is 7.44. The van der Waals surface area contributed by atoms with Gasteiger partial charge in [-0.15, -0.1) is 0 Å². The SMILES string of the molecule is CCn1c([C@@H]2CCCN(C(=O)c3cc(C)[nH]n3)C2)nn(CCN(C)C)c1=O. The number of aryl methyl sites for hydroxylation is 1. The zero-order chi connectivity index (χ0) is 19.6. The molecule has 2 aromatic rings. The van der Waals surface area contributed by atoms with Crippen LogP contribution in [-0.2, 0) is 13.1 Å². The minimum Gasteiger partial charge on any atom is -0.337 e. The van der Waals surface area contributed by atoms with Crippen LogP contribution in [0, 0.1) is 6.92 Å². The number of aromatic nitrogens is 5. The highest BCUT2D eigenvalue weighted by molar-refractivity contribution is 5.92. The Bertz CT molecular complexity index is 848. The minimum atomic E-state index is -0.0688. The molecule has 0 bridgehead atoms. The first kappa shape index (κ1) is 19.3. The van der Waals surface area contributed by atoms with Crippen molar-refractivity contribution in [1.29, 1.82) is 0 Å². The average Bonchev–Trinajstić information content (AvgIpc) is 3.22. The highest BCUT2D eigenvalue weighted by Crippen LogP contribution is 2.26. The second-order valence-electron chi connectivity index (χ2n) is 7.44. The highest BCUT2D eigenvalue weighted by Gasteiger charge is 2.30. The molecule has 9 heteroatoms. The lowest BCUT2D eigenvalue weighted by molar-refractivity contribution is 0.0697. The minimum absolute atomic E-state index is 0.0657. The number of carbonyl (C=O) groups excluding carboxylic acids is 1. The number of H-pyrrole nitrogens is 1. The van der Waals surface area contributed by atoms with E-state index in [-0.39, 0.29) is 17.5 Å². The quantitative estimate of drug-likeness (QED) is 0.801. The van der Waals surface area contributed by atoms with Crippen molar-refractivity contribution in [3.63, 3.8) is 0 Å². The summed E-state index contributed by atoms with van der Waals surface area (Å²) in [4.78, 5) is 29.3. The summed E-state index contributed by atoms with van der Waals surface area (Å²) in [7, 11) is 3.95. The number of nitrogens with one attached hydrogen (secondary N) is 1. The van der Waals surface area contributed by atoms with E-state index in [9.17, 15) is 9.59 Å². The topological polar surface area (TPSA) is 92.1 Å². The number of amides is 1. The van der Waals surface area contributed by atoms with Crippen molar-refractivity contribution in [3.05, 3.63) is 33.8 Å². The van der Waals surface area contributed by atoms with Crippen LogP contribution in [0.4, 0.5) is 0 Å². The van der Waals surface area contributed by atoms with Gasteiger partial charge >= 0.3 is 5.69 Å². The summed E-state index contributed by atoms with van der Waals surface area (Å²) < 4.78 is 3.30. The molecule has 0 spiro atoms. The van der Waals surface area contributed by atoms with Crippen LogP contribution in [-0.4, -0.2) is 74.0 Å². The molecule has 0 aliphatic carbocycles. The van der Waals surface area contributed by atoms with Gasteiger partial charge in [0.15, 0.2) is 0 Å². The Hall–Kier alpha value is -2.42. The molecule has 1 saturated heterocycles. The zero-order valence-electron chi connectivity index (χ0n) is 16.6. The van der Waals surface area contributed by atoms with Crippen molar-refractivity contribution in [1.82, 2.24) is 34.3 Å². The number of aromatic amines is 1. The molecule has 1 aliphatic heterocycles. The van der Waals surface area contributed by atoms with Gasteiger partial charge in [0.2, 0.25) is 0 Å². The van der Waals surface area contributed by atoms with Gasteiger partial charge in [-0.3, -0.25) is 14.5 Å². The molecule has 27 heavy (non-hydrogen) atoms. The van der Waals surface area contributed by atoms with Gasteiger partial charge in [-0.2, -0.15) is 10.2 Å². The van der Waals surface area contributed by atoms with Gasteiger partial charge < -0.3 is 9.80 Å². The van der Waals surface area contributed by atoms with Crippen molar-refractivity contribution in [3.8, 4) is 0 Å². The van der Waals surface area contributed by atoms with E-state index in [0.29, 0.717) is 31.9 Å². The molecule has 1 atom stereocenters. The van der Waals surface area contributed by atoms with E-state index in [2.05, 4.69) is 15.3 Å². The summed E-state index contributed by atoms with van der Waals surface area (Å²) in [6, 6.07) is 1.77. The molecule has 2 aromatic heterocycles. The Balaban J connectivity index is 1.80. The van der Waals surface area contributed by atoms with E-state index in [1.807, 2.05) is 37.7 Å². The largest absolute Gasteiger partial charge is 0.345 e. The lowest BCUT2D eigenvalue weighted by Crippen LogP contribution is -2.40. The summed E-state index contributed by atoms with van der Waals surface area (Å²) in [5.41, 5.74) is 1.24. The third-order valence-electron chi connectivity index (χ3n) is 5.03. The van der Waals surface area contributed by atoms with Crippen LogP contribution >= 0.6 is 0 Å². The van der Waals surface area contributed by atoms with Crippen LogP contribution in [0.3, 0.4) is 0 Å². The van der Waals surface area contributed by atoms with E-state index >= 15 is 0 Å². The van der Waals surface area contributed by atoms with Gasteiger partial charge in [-0.1, -0.05) is 0 Å². The Morgan fingerprint density at radius 2 is 2.19 bits per heavy atom. The zero-order valence-corrected chi connectivity index (χ0v) is 16.6. The van der Waals surface area contributed by atoms with Crippen LogP contribution in [0.2, 0.25) is 0 Å². The third kappa shape index (κ3) is 4.13. The van der Waals surface area contributed by atoms with E-state index in [0.717, 1.165) is 30.9 Å². The highest BCUT2D eigenvalue weighted by atomic mass is 16.2. The first-order valence-electron chi connectivity index (χ1n) is 9.54. The number of hydrogen-bond donors (Lipinski definition) is 1. The van der Waals surface area contributed by atoms with E-state index in [1.54, 1.807) is 15.3 Å². The summed E-state index contributed by atoms with van der Waals surface area (Å²) in [5, 5.41) is 11.5. The molecule has 0 radical (unpaired) electrons. The molecule has 1 aliphatic rings. The Kier molecular flexibility index (Phi) is 5.79. The van der Waals surface area contributed by atoms with Crippen LogP contribution in [0.15, 0.2) is 10.9 Å². The van der Waals surface area contributed by atoms with Gasteiger partial charge in [-0.05, 0) is 46.9 Å². The fourth-order valence-electron chi connectivity index (χ4n) is 3.56. The van der Waals surface area contributed by atoms with Crippen LogP contribution in [0.25, 0.3) is 0 Å². The molecule has 0 saturated carbocycles. The lowest BCUT2D eigenvalue weighted by Gasteiger charge is -2.31. The summed E-state index contributed by atoms with van der Waals surface area (Å²) in [6.07, 6.45) is 1.82. The maximum Gasteiger partial charge on any atom is 0.345 e. The van der Waals surface area contributed by atoms with Crippen LogP contribution < -0.4 is 5.69 Å². The van der Waals surface area contributed by atoms with Gasteiger partial charge in [0, 0.05) is 37.8 Å². The fourth-order valence-corrected chi connectivity index (χ4v) is 3.56. The first-order valence-corrected chi connectivity index (χ1v) is 9.54. The molecule has 9 nitrogen and oxygen atoms in total. The molecular formula is C18H29N7O2. The summed E-state index contributed by atoms with van der Waals surface area (Å²) in [6.45, 7) is 7.01. The van der Waals surface area contributed by atoms with Crippen molar-refractivity contribution >= 4 is 5.91 Å². The van der Waals surface area contributed by atoms with Crippen molar-refractivity contribution in [2.45, 2.75) is 45.7 Å². The van der Waals surface area contributed by atoms with Crippen LogP contribution in [0.5, 0.6) is 0 Å². The third-order valence-corrected chi connectivity index (χ3v) is 5.03. The molecule has 0 unspecified atom stereocenters. The van der Waals surface area contributed by atoms with Crippen molar-refractivity contribution < 1.29 is 4.79 Å². The molecule has 0 aromatic carbocycles. The molecule has 1 N–H and O–H groups in total. The maximum absolute atomic E-state index is 12.7. The number of nitrogens with zero attached hydrogens (tertiary/aromatic N) is 6. The number of hydrogen-bond acceptors (Lipinski definition) is 5. The number of piperidine rings is 1. The van der Waals surface area contributed by atoms with Crippen molar-refractivity contribution in [2.24, 2.45) is 0 Å². The van der Waals surface area contributed by atoms with E-state index in [1.165, 1.54) is 0 Å². The monoisotopic (exact) mass is 375 g/mol. The van der Waals surface area contributed by atoms with Gasteiger partial charge in [0.25, 0.3) is 5.91 Å². The molecule has 148 valence electrons. The Labute approximate surface area is 159 Å². The van der Waals surface area contributed by atoms with Gasteiger partial charge in [-0.25, -0.2) is 9.48 Å². The standard InChI is InChI=1S/C18H29N7O2/c1-5-24-16(21-25(18(24)27)10-9-22(3)4)14-7-6-8-23(12-14)17(26)15-11-13(2)19-20-15/h11,14H,5-10,12H2,1-4H3,(H,19,20)/t14-/m1/s1. The Morgan fingerprint density at radius 1 is 1.41 bits per heavy atom. The number of carbonyl (C=O) groups is 1. The van der Waals surface area contributed by atoms with Crippen molar-refractivity contribution in [2.75, 3.05) is 33.7 Å². The predicted octanol–water partition coefficient (Wildman–Crippen LogP) is 0.678. The van der Waals surface area contributed by atoms with E-state index in [4.69, 9.17) is 0 Å². The number of rotatable bonds is 6. The van der Waals surface area contributed by atoms with E-state index < -0.39 is 0 Å². The summed E-state index contributed by atoms with van der Waals surface area (Å²) in [5.74, 6) is 0.787.